The van der Waals surface area contributed by atoms with Crippen molar-refractivity contribution in [3.63, 3.8) is 0 Å². The van der Waals surface area contributed by atoms with E-state index >= 15 is 0 Å². The molecule has 4 heteroatoms. The van der Waals surface area contributed by atoms with Gasteiger partial charge in [-0.15, -0.1) is 0 Å². The van der Waals surface area contributed by atoms with Crippen LogP contribution in [0.25, 0.3) is 0 Å². The van der Waals surface area contributed by atoms with Crippen LogP contribution in [0.1, 0.15) is 43.5 Å². The molecule has 0 aromatic heterocycles. The Kier molecular flexibility index (Phi) is 5.32. The Hall–Kier alpha value is -1.45. The van der Waals surface area contributed by atoms with Gasteiger partial charge in [-0.1, -0.05) is 30.7 Å². The molecule has 0 amide bonds. The molecule has 2 unspecified atom stereocenters. The Balaban J connectivity index is 2.17. The summed E-state index contributed by atoms with van der Waals surface area (Å²) in [6.07, 6.45) is 0.836. The van der Waals surface area contributed by atoms with Gasteiger partial charge in [0.15, 0.2) is 0 Å². The van der Waals surface area contributed by atoms with Crippen LogP contribution in [0.3, 0.4) is 0 Å². The van der Waals surface area contributed by atoms with E-state index in [0.29, 0.717) is 10.6 Å². The quantitative estimate of drug-likeness (QED) is 0.777. The molecule has 1 N–H and O–H groups in total. The van der Waals surface area contributed by atoms with Gasteiger partial charge in [-0.3, -0.25) is 0 Å². The Morgan fingerprint density at radius 2 is 1.76 bits per heavy atom. The summed E-state index contributed by atoms with van der Waals surface area (Å²) in [5, 5.41) is 4.02. The second-order valence-corrected chi connectivity index (χ2v) is 5.50. The highest BCUT2D eigenvalue weighted by Crippen LogP contribution is 2.25. The lowest BCUT2D eigenvalue weighted by molar-refractivity contribution is 0.440. The van der Waals surface area contributed by atoms with Gasteiger partial charge in [0, 0.05) is 22.7 Å². The molecule has 0 saturated carbocycles. The highest BCUT2D eigenvalue weighted by atomic mass is 35.5. The molecule has 0 radical (unpaired) electrons. The van der Waals surface area contributed by atoms with E-state index in [1.807, 2.05) is 38.1 Å². The topological polar surface area (TPSA) is 12.0 Å². The SMILES string of the molecule is CCC(NC(C)c1cc(F)ccc1F)c1ccc(Cl)cc1. The second kappa shape index (κ2) is 7.01. The van der Waals surface area contributed by atoms with E-state index in [9.17, 15) is 8.78 Å². The van der Waals surface area contributed by atoms with E-state index in [1.54, 1.807) is 0 Å². The maximum Gasteiger partial charge on any atom is 0.128 e. The fraction of sp³-hybridized carbons (Fsp3) is 0.294. The van der Waals surface area contributed by atoms with E-state index in [2.05, 4.69) is 5.32 Å². The number of benzene rings is 2. The number of halogens is 3. The van der Waals surface area contributed by atoms with E-state index in [-0.39, 0.29) is 12.1 Å². The molecule has 2 rings (SSSR count). The minimum atomic E-state index is -0.431. The van der Waals surface area contributed by atoms with E-state index in [4.69, 9.17) is 11.6 Å². The Labute approximate surface area is 128 Å². The molecule has 112 valence electrons. The Morgan fingerprint density at radius 1 is 1.10 bits per heavy atom. The number of nitrogens with one attached hydrogen (secondary N) is 1. The van der Waals surface area contributed by atoms with Gasteiger partial charge in [-0.25, -0.2) is 8.78 Å². The molecular weight excluding hydrogens is 292 g/mol. The molecule has 0 aliphatic heterocycles. The smallest absolute Gasteiger partial charge is 0.128 e. The third-order valence-electron chi connectivity index (χ3n) is 3.56. The average Bonchev–Trinajstić information content (AvgIpc) is 2.48. The van der Waals surface area contributed by atoms with Crippen molar-refractivity contribution in [3.8, 4) is 0 Å². The summed E-state index contributed by atoms with van der Waals surface area (Å²) >= 11 is 5.89. The Bertz CT molecular complexity index is 598. The van der Waals surface area contributed by atoms with Crippen LogP contribution in [0.2, 0.25) is 5.02 Å². The monoisotopic (exact) mass is 309 g/mol. The maximum absolute atomic E-state index is 13.8. The molecule has 21 heavy (non-hydrogen) atoms. The predicted octanol–water partition coefficient (Wildman–Crippen LogP) is 5.42. The lowest BCUT2D eigenvalue weighted by Gasteiger charge is -2.23. The largest absolute Gasteiger partial charge is 0.303 e. The molecule has 2 aromatic rings. The average molecular weight is 310 g/mol. The van der Waals surface area contributed by atoms with Crippen molar-refractivity contribution in [2.75, 3.05) is 0 Å². The first-order chi connectivity index (χ1) is 10.0. The van der Waals surface area contributed by atoms with Crippen molar-refractivity contribution in [2.24, 2.45) is 0 Å². The zero-order chi connectivity index (χ0) is 15.4. The summed E-state index contributed by atoms with van der Waals surface area (Å²) in [5.41, 5.74) is 1.41. The first-order valence-corrected chi connectivity index (χ1v) is 7.35. The molecular formula is C17H18ClF2N. The fourth-order valence-corrected chi connectivity index (χ4v) is 2.51. The van der Waals surface area contributed by atoms with Crippen LogP contribution in [-0.4, -0.2) is 0 Å². The highest BCUT2D eigenvalue weighted by molar-refractivity contribution is 6.30. The van der Waals surface area contributed by atoms with Crippen LogP contribution >= 0.6 is 11.6 Å². The number of rotatable bonds is 5. The summed E-state index contributed by atoms with van der Waals surface area (Å²) in [5.74, 6) is -0.832. The van der Waals surface area contributed by atoms with Gasteiger partial charge >= 0.3 is 0 Å². The van der Waals surface area contributed by atoms with Gasteiger partial charge in [-0.2, -0.15) is 0 Å². The maximum atomic E-state index is 13.8. The van der Waals surface area contributed by atoms with Gasteiger partial charge in [0.1, 0.15) is 11.6 Å². The fourth-order valence-electron chi connectivity index (χ4n) is 2.38. The van der Waals surface area contributed by atoms with Crippen molar-refractivity contribution in [1.82, 2.24) is 5.32 Å². The van der Waals surface area contributed by atoms with Crippen LogP contribution in [0.15, 0.2) is 42.5 Å². The summed E-state index contributed by atoms with van der Waals surface area (Å²) in [4.78, 5) is 0. The molecule has 1 nitrogen and oxygen atoms in total. The van der Waals surface area contributed by atoms with Crippen molar-refractivity contribution in [1.29, 1.82) is 0 Å². The van der Waals surface area contributed by atoms with Gasteiger partial charge in [0.05, 0.1) is 0 Å². The highest BCUT2D eigenvalue weighted by Gasteiger charge is 2.17. The zero-order valence-corrected chi connectivity index (χ0v) is 12.8. The van der Waals surface area contributed by atoms with Gasteiger partial charge in [-0.05, 0) is 49.2 Å². The van der Waals surface area contributed by atoms with Crippen molar-refractivity contribution >= 4 is 11.6 Å². The predicted molar refractivity (Wildman–Crippen MR) is 82.4 cm³/mol. The molecule has 0 aliphatic carbocycles. The number of hydrogen-bond acceptors (Lipinski definition) is 1. The first-order valence-electron chi connectivity index (χ1n) is 6.97. The molecule has 2 atom stereocenters. The molecule has 0 saturated heterocycles. The molecule has 0 bridgehead atoms. The number of hydrogen-bond donors (Lipinski definition) is 1. The third kappa shape index (κ3) is 4.02. The van der Waals surface area contributed by atoms with Crippen LogP contribution in [0.5, 0.6) is 0 Å². The van der Waals surface area contributed by atoms with Gasteiger partial charge in [0.25, 0.3) is 0 Å². The van der Waals surface area contributed by atoms with Crippen LogP contribution in [0, 0.1) is 11.6 Å². The van der Waals surface area contributed by atoms with Crippen molar-refractivity contribution < 1.29 is 8.78 Å². The minimum absolute atomic E-state index is 0.0555. The zero-order valence-electron chi connectivity index (χ0n) is 12.0. The lowest BCUT2D eigenvalue weighted by atomic mass is 10.0. The van der Waals surface area contributed by atoms with Crippen molar-refractivity contribution in [2.45, 2.75) is 32.4 Å². The molecule has 2 aromatic carbocycles. The molecule has 0 spiro atoms. The summed E-state index contributed by atoms with van der Waals surface area (Å²) in [6.45, 7) is 3.87. The first kappa shape index (κ1) is 15.9. The summed E-state index contributed by atoms with van der Waals surface area (Å²) in [6, 6.07) is 10.8. The van der Waals surface area contributed by atoms with E-state index in [0.717, 1.165) is 24.1 Å². The van der Waals surface area contributed by atoms with Gasteiger partial charge in [0.2, 0.25) is 0 Å². The lowest BCUT2D eigenvalue weighted by Crippen LogP contribution is -2.25. The molecule has 0 aliphatic rings. The van der Waals surface area contributed by atoms with E-state index < -0.39 is 11.6 Å². The van der Waals surface area contributed by atoms with Crippen LogP contribution in [0.4, 0.5) is 8.78 Å². The molecule has 0 heterocycles. The van der Waals surface area contributed by atoms with Crippen LogP contribution in [-0.2, 0) is 0 Å². The standard InChI is InChI=1S/C17H18ClF2N/c1-3-17(12-4-6-13(18)7-5-12)21-11(2)15-10-14(19)8-9-16(15)20/h4-11,17,21H,3H2,1-2H3. The normalized spacial score (nSPS) is 14.0. The Morgan fingerprint density at radius 3 is 2.38 bits per heavy atom. The second-order valence-electron chi connectivity index (χ2n) is 5.07. The summed E-state index contributed by atoms with van der Waals surface area (Å²) < 4.78 is 27.1. The summed E-state index contributed by atoms with van der Waals surface area (Å²) in [7, 11) is 0. The van der Waals surface area contributed by atoms with Gasteiger partial charge < -0.3 is 5.32 Å². The van der Waals surface area contributed by atoms with Crippen LogP contribution < -0.4 is 5.32 Å². The minimum Gasteiger partial charge on any atom is -0.303 e. The van der Waals surface area contributed by atoms with Crippen molar-refractivity contribution in [3.05, 3.63) is 70.2 Å². The van der Waals surface area contributed by atoms with E-state index in [1.165, 1.54) is 6.07 Å². The third-order valence-corrected chi connectivity index (χ3v) is 3.81. The molecule has 0 fully saturated rings.